The van der Waals surface area contributed by atoms with Crippen LogP contribution >= 0.6 is 0 Å². The number of anilines is 3. The second-order valence-corrected chi connectivity index (χ2v) is 11.0. The summed E-state index contributed by atoms with van der Waals surface area (Å²) >= 11 is 0. The minimum Gasteiger partial charge on any atom is -0.451 e. The number of carbonyl (C=O) groups is 2. The molecule has 0 fully saturated rings. The number of carbonyl (C=O) groups excluding carboxylic acids is 2. The number of aliphatic imine (C=N–C) groups is 1. The van der Waals surface area contributed by atoms with Crippen molar-refractivity contribution in [2.24, 2.45) is 4.99 Å². The number of aliphatic hydroxyl groups excluding tert-OH is 1. The number of cyclic esters (lactones) is 1. The van der Waals surface area contributed by atoms with Crippen molar-refractivity contribution in [1.82, 2.24) is 31.0 Å². The van der Waals surface area contributed by atoms with Crippen LogP contribution in [-0.4, -0.2) is 78.1 Å². The van der Waals surface area contributed by atoms with Crippen LogP contribution in [0.3, 0.4) is 0 Å². The summed E-state index contributed by atoms with van der Waals surface area (Å²) in [5, 5.41) is 19.8. The third kappa shape index (κ3) is 8.20. The molecule has 0 spiro atoms. The van der Waals surface area contributed by atoms with E-state index in [9.17, 15) is 14.7 Å². The largest absolute Gasteiger partial charge is 0.451 e. The van der Waals surface area contributed by atoms with Gasteiger partial charge in [0.15, 0.2) is 0 Å². The van der Waals surface area contributed by atoms with Crippen molar-refractivity contribution in [3.05, 3.63) is 77.0 Å². The number of hydrazine groups is 1. The molecule has 234 valence electrons. The molecule has 13 nitrogen and oxygen atoms in total. The quantitative estimate of drug-likeness (QED) is 0.0593. The number of aromatic nitrogens is 2. The van der Waals surface area contributed by atoms with Gasteiger partial charge in [-0.05, 0) is 71.6 Å². The fraction of sp³-hybridized carbons (Fsp3) is 0.387. The molecule has 0 bridgehead atoms. The van der Waals surface area contributed by atoms with Gasteiger partial charge in [0.1, 0.15) is 17.0 Å². The molecule has 1 aliphatic heterocycles. The number of ether oxygens (including phenoxy) is 1. The molecule has 1 unspecified atom stereocenters. The first-order valence-corrected chi connectivity index (χ1v) is 14.5. The Kier molecular flexibility index (Phi) is 10.7. The molecule has 4 rings (SSSR count). The highest BCUT2D eigenvalue weighted by Crippen LogP contribution is 2.37. The van der Waals surface area contributed by atoms with E-state index < -0.39 is 17.6 Å². The highest BCUT2D eigenvalue weighted by molar-refractivity contribution is 6.00. The summed E-state index contributed by atoms with van der Waals surface area (Å²) in [5.41, 5.74) is 7.63. The molecule has 1 amide bonds. The van der Waals surface area contributed by atoms with Gasteiger partial charge >= 0.3 is 5.97 Å². The molecule has 0 aliphatic carbocycles. The van der Waals surface area contributed by atoms with E-state index in [1.807, 2.05) is 71.3 Å². The molecule has 1 atom stereocenters. The molecule has 2 heterocycles. The minimum atomic E-state index is -0.766. The summed E-state index contributed by atoms with van der Waals surface area (Å²) in [6.07, 6.45) is 2.30. The summed E-state index contributed by atoms with van der Waals surface area (Å²) in [7, 11) is 4.02. The first kappa shape index (κ1) is 32.2. The van der Waals surface area contributed by atoms with Gasteiger partial charge in [0.2, 0.25) is 11.9 Å². The number of guanidine groups is 1. The lowest BCUT2D eigenvalue weighted by Gasteiger charge is -2.20. The van der Waals surface area contributed by atoms with Gasteiger partial charge in [0.05, 0.1) is 18.2 Å². The SMILES string of the molecule is CCN=C(NCCCN(C)C)NNC(=O)c1cnc(Nc2ccc3c(c2)C(C)(C)OC3=O)nc1NC(CO)c1ccccc1. The second-order valence-electron chi connectivity index (χ2n) is 11.0. The standard InChI is InChI=1S/C31H41N9O4/c1-6-32-29(33-15-10-16-40(4)5)39-38-27(42)23-18-34-30(37-26(23)36-25(19-41)20-11-8-7-9-12-20)35-21-13-14-22-24(17-21)31(2,3)44-28(22)43/h7-9,11-14,17-18,25,41H,6,10,15-16,19H2,1-5H3,(H,38,42)(H2,32,33,39)(H2,34,35,36,37). The summed E-state index contributed by atoms with van der Waals surface area (Å²) in [6.45, 7) is 7.42. The van der Waals surface area contributed by atoms with Gasteiger partial charge in [-0.15, -0.1) is 0 Å². The van der Waals surface area contributed by atoms with Crippen LogP contribution < -0.4 is 26.8 Å². The van der Waals surface area contributed by atoms with Crippen molar-refractivity contribution in [3.8, 4) is 0 Å². The van der Waals surface area contributed by atoms with Crippen LogP contribution in [0.25, 0.3) is 0 Å². The van der Waals surface area contributed by atoms with Crippen LogP contribution in [0, 0.1) is 0 Å². The van der Waals surface area contributed by atoms with Crippen molar-refractivity contribution in [2.45, 2.75) is 38.8 Å². The molecule has 0 saturated heterocycles. The number of nitrogens with one attached hydrogen (secondary N) is 5. The topological polar surface area (TPSA) is 165 Å². The van der Waals surface area contributed by atoms with E-state index in [1.165, 1.54) is 6.20 Å². The fourth-order valence-electron chi connectivity index (χ4n) is 4.66. The molecule has 2 aromatic carbocycles. The molecule has 44 heavy (non-hydrogen) atoms. The maximum absolute atomic E-state index is 13.4. The van der Waals surface area contributed by atoms with Crippen molar-refractivity contribution in [3.63, 3.8) is 0 Å². The predicted molar refractivity (Wildman–Crippen MR) is 170 cm³/mol. The number of hydrogen-bond donors (Lipinski definition) is 6. The van der Waals surface area contributed by atoms with Crippen molar-refractivity contribution >= 4 is 35.3 Å². The van der Waals surface area contributed by atoms with Gasteiger partial charge < -0.3 is 30.7 Å². The normalized spacial score (nSPS) is 14.4. The van der Waals surface area contributed by atoms with Crippen LogP contribution in [0.2, 0.25) is 0 Å². The predicted octanol–water partition coefficient (Wildman–Crippen LogP) is 2.92. The Morgan fingerprint density at radius 2 is 1.91 bits per heavy atom. The lowest BCUT2D eigenvalue weighted by atomic mass is 9.95. The third-order valence-electron chi connectivity index (χ3n) is 6.91. The van der Waals surface area contributed by atoms with Gasteiger partial charge in [-0.1, -0.05) is 30.3 Å². The zero-order valence-corrected chi connectivity index (χ0v) is 25.8. The number of amides is 1. The Morgan fingerprint density at radius 1 is 1.14 bits per heavy atom. The van der Waals surface area contributed by atoms with E-state index in [0.29, 0.717) is 30.3 Å². The lowest BCUT2D eigenvalue weighted by Crippen LogP contribution is -2.48. The molecule has 6 N–H and O–H groups in total. The third-order valence-corrected chi connectivity index (χ3v) is 6.91. The molecule has 0 saturated carbocycles. The minimum absolute atomic E-state index is 0.148. The van der Waals surface area contributed by atoms with Gasteiger partial charge in [-0.3, -0.25) is 20.6 Å². The van der Waals surface area contributed by atoms with Gasteiger partial charge in [-0.25, -0.2) is 9.78 Å². The number of nitrogens with zero attached hydrogens (tertiary/aromatic N) is 4. The highest BCUT2D eigenvalue weighted by Gasteiger charge is 2.37. The molecule has 1 aromatic heterocycles. The fourth-order valence-corrected chi connectivity index (χ4v) is 4.66. The maximum Gasteiger partial charge on any atom is 0.339 e. The van der Waals surface area contributed by atoms with E-state index in [2.05, 4.69) is 46.7 Å². The van der Waals surface area contributed by atoms with Crippen LogP contribution in [-0.2, 0) is 10.3 Å². The number of esters is 1. The highest BCUT2D eigenvalue weighted by atomic mass is 16.6. The zero-order valence-electron chi connectivity index (χ0n) is 25.8. The molecular weight excluding hydrogens is 562 g/mol. The van der Waals surface area contributed by atoms with E-state index in [0.717, 1.165) is 24.1 Å². The molecule has 0 radical (unpaired) electrons. The Labute approximate surface area is 257 Å². The van der Waals surface area contributed by atoms with Crippen LogP contribution in [0.15, 0.2) is 59.7 Å². The van der Waals surface area contributed by atoms with Crippen molar-refractivity contribution in [2.75, 3.05) is 51.0 Å². The molecular formula is C31H41N9O4. The Morgan fingerprint density at radius 3 is 2.61 bits per heavy atom. The lowest BCUT2D eigenvalue weighted by molar-refractivity contribution is 0.00953. The van der Waals surface area contributed by atoms with E-state index in [4.69, 9.17) is 4.74 Å². The average Bonchev–Trinajstić information content (AvgIpc) is 3.23. The summed E-state index contributed by atoms with van der Waals surface area (Å²) in [5.74, 6) is -0.0150. The molecule has 1 aliphatic rings. The van der Waals surface area contributed by atoms with Crippen LogP contribution in [0.4, 0.5) is 17.5 Å². The average molecular weight is 604 g/mol. The van der Waals surface area contributed by atoms with E-state index >= 15 is 0 Å². The Bertz CT molecular complexity index is 1480. The second kappa shape index (κ2) is 14.6. The number of fused-ring (bicyclic) bond motifs is 1. The Balaban J connectivity index is 1.57. The Hall–Kier alpha value is -4.75. The number of benzene rings is 2. The van der Waals surface area contributed by atoms with Crippen molar-refractivity contribution < 1.29 is 19.4 Å². The van der Waals surface area contributed by atoms with Gasteiger partial charge in [0.25, 0.3) is 5.91 Å². The number of aliphatic hydroxyl groups is 1. The smallest absolute Gasteiger partial charge is 0.339 e. The zero-order chi connectivity index (χ0) is 31.7. The van der Waals surface area contributed by atoms with Crippen molar-refractivity contribution in [1.29, 1.82) is 0 Å². The molecule has 13 heteroatoms. The van der Waals surface area contributed by atoms with Gasteiger partial charge in [0, 0.05) is 30.5 Å². The first-order chi connectivity index (χ1) is 21.1. The monoisotopic (exact) mass is 603 g/mol. The van der Waals surface area contributed by atoms with Crippen LogP contribution in [0.5, 0.6) is 0 Å². The van der Waals surface area contributed by atoms with E-state index in [-0.39, 0.29) is 29.9 Å². The summed E-state index contributed by atoms with van der Waals surface area (Å²) in [6, 6.07) is 14.1. The van der Waals surface area contributed by atoms with Gasteiger partial charge in [-0.2, -0.15) is 4.98 Å². The van der Waals surface area contributed by atoms with E-state index in [1.54, 1.807) is 12.1 Å². The number of hydrogen-bond acceptors (Lipinski definition) is 10. The summed E-state index contributed by atoms with van der Waals surface area (Å²) < 4.78 is 5.48. The van der Waals surface area contributed by atoms with Crippen LogP contribution in [0.1, 0.15) is 65.1 Å². The molecule has 3 aromatic rings. The maximum atomic E-state index is 13.4. The summed E-state index contributed by atoms with van der Waals surface area (Å²) in [4.78, 5) is 41.1. The first-order valence-electron chi connectivity index (χ1n) is 14.5. The number of rotatable bonds is 12.